The molecule has 0 radical (unpaired) electrons. The van der Waals surface area contributed by atoms with Gasteiger partial charge in [-0.05, 0) is 38.0 Å². The lowest BCUT2D eigenvalue weighted by atomic mass is 9.84. The number of hydrogen-bond acceptors (Lipinski definition) is 4. The normalized spacial score (nSPS) is 19.3. The zero-order chi connectivity index (χ0) is 24.8. The van der Waals surface area contributed by atoms with Gasteiger partial charge in [0.05, 0.1) is 33.0 Å². The van der Waals surface area contributed by atoms with Crippen LogP contribution in [0, 0.1) is 13.8 Å². The van der Waals surface area contributed by atoms with Crippen LogP contribution in [-0.4, -0.2) is 20.9 Å². The molecular formula is C28H26ClF2N3O. The summed E-state index contributed by atoms with van der Waals surface area (Å²) < 4.78 is 34.3. The van der Waals surface area contributed by atoms with Gasteiger partial charge in [-0.15, -0.1) is 0 Å². The zero-order valence-corrected chi connectivity index (χ0v) is 20.7. The van der Waals surface area contributed by atoms with Crippen LogP contribution in [0.1, 0.15) is 48.8 Å². The summed E-state index contributed by atoms with van der Waals surface area (Å²) in [4.78, 5) is 14.0. The van der Waals surface area contributed by atoms with Crippen LogP contribution < -0.4 is 4.74 Å². The number of alkyl halides is 2. The fourth-order valence-corrected chi connectivity index (χ4v) is 5.35. The molecule has 7 heteroatoms. The standard InChI is InChI=1S/C28H26ClF2N3O/c1-17-20(13-21(29)26(33-17)27(3)10-11-28(30,31)16-27)23-14-24(35-15-19-7-5-4-6-8-19)25-18(2)32-12-9-22(25)34-23/h4-9,12-14H,10-11,15-16H2,1-3H3/t27-/m0/s1. The van der Waals surface area contributed by atoms with Crippen LogP contribution in [0.15, 0.2) is 54.7 Å². The van der Waals surface area contributed by atoms with E-state index < -0.39 is 11.3 Å². The number of fused-ring (bicyclic) bond motifs is 1. The lowest BCUT2D eigenvalue weighted by Gasteiger charge is -2.25. The van der Waals surface area contributed by atoms with Gasteiger partial charge in [-0.25, -0.2) is 13.8 Å². The van der Waals surface area contributed by atoms with E-state index in [4.69, 9.17) is 26.3 Å². The molecule has 3 aromatic heterocycles. The molecule has 1 aliphatic rings. The summed E-state index contributed by atoms with van der Waals surface area (Å²) in [5, 5.41) is 1.23. The lowest BCUT2D eigenvalue weighted by Crippen LogP contribution is -2.23. The van der Waals surface area contributed by atoms with Crippen molar-refractivity contribution in [2.24, 2.45) is 0 Å². The number of benzene rings is 1. The van der Waals surface area contributed by atoms with E-state index in [1.807, 2.05) is 63.2 Å². The van der Waals surface area contributed by atoms with Crippen molar-refractivity contribution in [3.8, 4) is 17.0 Å². The van der Waals surface area contributed by atoms with Crippen molar-refractivity contribution >= 4 is 22.5 Å². The molecule has 0 N–H and O–H groups in total. The number of ether oxygens (including phenoxy) is 1. The lowest BCUT2D eigenvalue weighted by molar-refractivity contribution is 0.00335. The van der Waals surface area contributed by atoms with Crippen LogP contribution in [0.4, 0.5) is 8.78 Å². The molecule has 0 saturated heterocycles. The summed E-state index contributed by atoms with van der Waals surface area (Å²) in [6.07, 6.45) is 1.68. The van der Waals surface area contributed by atoms with Crippen molar-refractivity contribution < 1.29 is 13.5 Å². The highest BCUT2D eigenvalue weighted by atomic mass is 35.5. The highest BCUT2D eigenvalue weighted by Gasteiger charge is 2.49. The Morgan fingerprint density at radius 1 is 1.00 bits per heavy atom. The Morgan fingerprint density at radius 3 is 2.49 bits per heavy atom. The van der Waals surface area contributed by atoms with Crippen LogP contribution in [0.25, 0.3) is 22.2 Å². The number of aromatic nitrogens is 3. The molecule has 0 aliphatic heterocycles. The Labute approximate surface area is 208 Å². The van der Waals surface area contributed by atoms with Crippen LogP contribution >= 0.6 is 11.6 Å². The third-order valence-corrected chi connectivity index (χ3v) is 7.10. The van der Waals surface area contributed by atoms with E-state index in [0.29, 0.717) is 40.9 Å². The predicted octanol–water partition coefficient (Wildman–Crippen LogP) is 7.62. The first kappa shape index (κ1) is 23.6. The maximum Gasteiger partial charge on any atom is 0.249 e. The molecule has 3 heterocycles. The highest BCUT2D eigenvalue weighted by Crippen LogP contribution is 2.50. The second-order valence-corrected chi connectivity index (χ2v) is 10.0. The average molecular weight is 494 g/mol. The molecule has 0 amide bonds. The molecular weight excluding hydrogens is 468 g/mol. The van der Waals surface area contributed by atoms with Gasteiger partial charge in [0.25, 0.3) is 0 Å². The molecule has 0 bridgehead atoms. The Bertz CT molecular complexity index is 1410. The van der Waals surface area contributed by atoms with E-state index in [-0.39, 0.29) is 12.8 Å². The molecule has 5 rings (SSSR count). The topological polar surface area (TPSA) is 47.9 Å². The first-order valence-electron chi connectivity index (χ1n) is 11.6. The van der Waals surface area contributed by atoms with Crippen LogP contribution in [0.5, 0.6) is 5.75 Å². The van der Waals surface area contributed by atoms with Gasteiger partial charge in [-0.1, -0.05) is 48.9 Å². The molecule has 1 aliphatic carbocycles. The van der Waals surface area contributed by atoms with Gasteiger partial charge in [0, 0.05) is 41.8 Å². The van der Waals surface area contributed by atoms with Crippen LogP contribution in [-0.2, 0) is 12.0 Å². The van der Waals surface area contributed by atoms with Crippen LogP contribution in [0.3, 0.4) is 0 Å². The van der Waals surface area contributed by atoms with E-state index in [0.717, 1.165) is 27.7 Å². The summed E-state index contributed by atoms with van der Waals surface area (Å²) in [5.74, 6) is -2.02. The third kappa shape index (κ3) is 4.59. The second kappa shape index (κ2) is 8.83. The SMILES string of the molecule is Cc1nc([C@@]2(C)CCC(F)(F)C2)c(Cl)cc1-c1cc(OCc2ccccc2)c2c(C)nccc2n1. The van der Waals surface area contributed by atoms with E-state index >= 15 is 0 Å². The summed E-state index contributed by atoms with van der Waals surface area (Å²) in [6, 6.07) is 15.5. The molecule has 1 fully saturated rings. The Kier molecular flexibility index (Phi) is 5.96. The minimum atomic E-state index is -2.69. The molecule has 1 saturated carbocycles. The molecule has 180 valence electrons. The van der Waals surface area contributed by atoms with Gasteiger partial charge in [-0.3, -0.25) is 9.97 Å². The van der Waals surface area contributed by atoms with E-state index in [1.54, 1.807) is 12.3 Å². The van der Waals surface area contributed by atoms with Gasteiger partial charge in [0.15, 0.2) is 0 Å². The average Bonchev–Trinajstić information content (AvgIpc) is 3.12. The molecule has 1 aromatic carbocycles. The van der Waals surface area contributed by atoms with E-state index in [9.17, 15) is 8.78 Å². The predicted molar refractivity (Wildman–Crippen MR) is 134 cm³/mol. The quantitative estimate of drug-likeness (QED) is 0.287. The largest absolute Gasteiger partial charge is 0.488 e. The maximum absolute atomic E-state index is 14.0. The minimum absolute atomic E-state index is 0.149. The number of nitrogens with zero attached hydrogens (tertiary/aromatic N) is 3. The summed E-state index contributed by atoms with van der Waals surface area (Å²) in [7, 11) is 0. The van der Waals surface area contributed by atoms with Crippen molar-refractivity contribution in [2.75, 3.05) is 0 Å². The molecule has 0 spiro atoms. The first-order chi connectivity index (χ1) is 16.7. The van der Waals surface area contributed by atoms with Gasteiger partial charge in [0.2, 0.25) is 5.92 Å². The summed E-state index contributed by atoms with van der Waals surface area (Å²) in [6.45, 7) is 6.01. The van der Waals surface area contributed by atoms with E-state index in [1.165, 1.54) is 0 Å². The molecule has 4 aromatic rings. The fourth-order valence-electron chi connectivity index (χ4n) is 4.97. The molecule has 0 unspecified atom stereocenters. The maximum atomic E-state index is 14.0. The minimum Gasteiger partial charge on any atom is -0.488 e. The zero-order valence-electron chi connectivity index (χ0n) is 19.9. The van der Waals surface area contributed by atoms with Gasteiger partial charge in [0.1, 0.15) is 12.4 Å². The molecule has 1 atom stereocenters. The summed E-state index contributed by atoms with van der Waals surface area (Å²) in [5.41, 5.74) is 4.48. The van der Waals surface area contributed by atoms with Gasteiger partial charge >= 0.3 is 0 Å². The number of rotatable bonds is 5. The third-order valence-electron chi connectivity index (χ3n) is 6.82. The monoisotopic (exact) mass is 493 g/mol. The van der Waals surface area contributed by atoms with Gasteiger partial charge < -0.3 is 4.74 Å². The smallest absolute Gasteiger partial charge is 0.249 e. The Balaban J connectivity index is 1.57. The Hall–Kier alpha value is -3.12. The van der Waals surface area contributed by atoms with Crippen molar-refractivity contribution in [3.63, 3.8) is 0 Å². The Morgan fingerprint density at radius 2 is 1.77 bits per heavy atom. The highest BCUT2D eigenvalue weighted by molar-refractivity contribution is 6.31. The number of pyridine rings is 3. The second-order valence-electron chi connectivity index (χ2n) is 9.62. The van der Waals surface area contributed by atoms with Gasteiger partial charge in [-0.2, -0.15) is 0 Å². The number of hydrogen-bond donors (Lipinski definition) is 0. The molecule has 4 nitrogen and oxygen atoms in total. The van der Waals surface area contributed by atoms with Crippen molar-refractivity contribution in [1.82, 2.24) is 15.0 Å². The number of aryl methyl sites for hydroxylation is 2. The van der Waals surface area contributed by atoms with Crippen molar-refractivity contribution in [2.45, 2.75) is 58.0 Å². The van der Waals surface area contributed by atoms with Crippen molar-refractivity contribution in [1.29, 1.82) is 0 Å². The summed E-state index contributed by atoms with van der Waals surface area (Å²) >= 11 is 6.66. The molecule has 35 heavy (non-hydrogen) atoms. The fraction of sp³-hybridized carbons (Fsp3) is 0.321. The first-order valence-corrected chi connectivity index (χ1v) is 12.0. The van der Waals surface area contributed by atoms with E-state index in [2.05, 4.69) is 4.98 Å². The number of halogens is 3. The van der Waals surface area contributed by atoms with Crippen molar-refractivity contribution in [3.05, 3.63) is 82.4 Å². The van der Waals surface area contributed by atoms with Crippen LogP contribution in [0.2, 0.25) is 5.02 Å².